The summed E-state index contributed by atoms with van der Waals surface area (Å²) in [6, 6.07) is 8.35. The van der Waals surface area contributed by atoms with Crippen molar-refractivity contribution in [3.8, 4) is 0 Å². The number of carbonyl (C=O) groups excluding carboxylic acids is 1. The fourth-order valence-electron chi connectivity index (χ4n) is 1.99. The standard InChI is InChI=1S/C15H17ClN2O3S2/c1-9-4-5-11(8-12(9)18-23(3,20)21)15(19)17-10(2)13-6-7-14(16)22-13/h4-8,10,18H,1-3H3,(H,17,19)/t10-/m1/s1. The van der Waals surface area contributed by atoms with Gasteiger partial charge in [-0.05, 0) is 43.7 Å². The number of nitrogens with one attached hydrogen (secondary N) is 2. The smallest absolute Gasteiger partial charge is 0.251 e. The molecule has 0 bridgehead atoms. The predicted molar refractivity (Wildman–Crippen MR) is 94.9 cm³/mol. The zero-order chi connectivity index (χ0) is 17.2. The molecule has 0 radical (unpaired) electrons. The van der Waals surface area contributed by atoms with Crippen LogP contribution in [0.2, 0.25) is 4.34 Å². The summed E-state index contributed by atoms with van der Waals surface area (Å²) in [5.74, 6) is -0.279. The molecule has 1 heterocycles. The second-order valence-corrected chi connectivity index (χ2v) is 8.74. The number of thiophene rings is 1. The molecule has 0 aliphatic rings. The highest BCUT2D eigenvalue weighted by molar-refractivity contribution is 7.92. The van der Waals surface area contributed by atoms with Gasteiger partial charge in [0, 0.05) is 10.4 Å². The molecule has 2 N–H and O–H groups in total. The number of rotatable bonds is 5. The Bertz CT molecular complexity index is 831. The monoisotopic (exact) mass is 372 g/mol. The molecule has 1 aromatic carbocycles. The van der Waals surface area contributed by atoms with Gasteiger partial charge in [0.1, 0.15) is 0 Å². The van der Waals surface area contributed by atoms with Gasteiger partial charge in [-0.25, -0.2) is 8.42 Å². The molecule has 1 atom stereocenters. The van der Waals surface area contributed by atoms with Gasteiger partial charge in [-0.3, -0.25) is 9.52 Å². The van der Waals surface area contributed by atoms with Gasteiger partial charge < -0.3 is 5.32 Å². The van der Waals surface area contributed by atoms with Crippen LogP contribution in [0.25, 0.3) is 0 Å². The van der Waals surface area contributed by atoms with Crippen LogP contribution in [-0.4, -0.2) is 20.6 Å². The zero-order valence-electron chi connectivity index (χ0n) is 12.9. The van der Waals surface area contributed by atoms with Gasteiger partial charge in [-0.1, -0.05) is 17.7 Å². The summed E-state index contributed by atoms with van der Waals surface area (Å²) < 4.78 is 25.8. The average Bonchev–Trinajstić information content (AvgIpc) is 2.86. The molecule has 2 aromatic rings. The average molecular weight is 373 g/mol. The van der Waals surface area contributed by atoms with E-state index in [1.54, 1.807) is 25.1 Å². The quantitative estimate of drug-likeness (QED) is 0.842. The van der Waals surface area contributed by atoms with Crippen molar-refractivity contribution in [1.29, 1.82) is 0 Å². The van der Waals surface area contributed by atoms with Gasteiger partial charge >= 0.3 is 0 Å². The van der Waals surface area contributed by atoms with Crippen molar-refractivity contribution in [2.45, 2.75) is 19.9 Å². The van der Waals surface area contributed by atoms with Crippen molar-refractivity contribution in [2.75, 3.05) is 11.0 Å². The van der Waals surface area contributed by atoms with E-state index < -0.39 is 10.0 Å². The summed E-state index contributed by atoms with van der Waals surface area (Å²) in [5.41, 5.74) is 1.52. The molecular weight excluding hydrogens is 356 g/mol. The second kappa shape index (κ2) is 6.90. The van der Waals surface area contributed by atoms with Crippen LogP contribution in [0.4, 0.5) is 5.69 Å². The Morgan fingerprint density at radius 3 is 2.52 bits per heavy atom. The summed E-state index contributed by atoms with van der Waals surface area (Å²) in [5, 5.41) is 2.87. The van der Waals surface area contributed by atoms with Gasteiger partial charge in [0.05, 0.1) is 22.3 Å². The molecule has 0 aliphatic carbocycles. The third-order valence-electron chi connectivity index (χ3n) is 3.16. The van der Waals surface area contributed by atoms with Crippen LogP contribution in [0.1, 0.15) is 33.8 Å². The van der Waals surface area contributed by atoms with Crippen molar-refractivity contribution < 1.29 is 13.2 Å². The highest BCUT2D eigenvalue weighted by atomic mass is 35.5. The normalized spacial score (nSPS) is 12.7. The number of hydrogen-bond acceptors (Lipinski definition) is 4. The van der Waals surface area contributed by atoms with Crippen LogP contribution < -0.4 is 10.0 Å². The number of aryl methyl sites for hydroxylation is 1. The largest absolute Gasteiger partial charge is 0.345 e. The third kappa shape index (κ3) is 4.95. The van der Waals surface area contributed by atoms with E-state index in [2.05, 4.69) is 10.0 Å². The zero-order valence-corrected chi connectivity index (χ0v) is 15.3. The maximum atomic E-state index is 12.3. The Kier molecular flexibility index (Phi) is 5.33. The lowest BCUT2D eigenvalue weighted by Crippen LogP contribution is -2.26. The molecule has 2 rings (SSSR count). The van der Waals surface area contributed by atoms with Crippen LogP contribution in [-0.2, 0) is 10.0 Å². The number of benzene rings is 1. The molecule has 1 amide bonds. The highest BCUT2D eigenvalue weighted by Gasteiger charge is 2.15. The van der Waals surface area contributed by atoms with E-state index >= 15 is 0 Å². The topological polar surface area (TPSA) is 75.3 Å². The SMILES string of the molecule is Cc1ccc(C(=O)N[C@H](C)c2ccc(Cl)s2)cc1NS(C)(=O)=O. The Labute approximate surface area is 144 Å². The summed E-state index contributed by atoms with van der Waals surface area (Å²) in [6.07, 6.45) is 1.07. The minimum absolute atomic E-state index is 0.187. The van der Waals surface area contributed by atoms with E-state index in [-0.39, 0.29) is 11.9 Å². The van der Waals surface area contributed by atoms with E-state index in [1.165, 1.54) is 17.4 Å². The van der Waals surface area contributed by atoms with Crippen molar-refractivity contribution >= 4 is 44.6 Å². The first-order valence-electron chi connectivity index (χ1n) is 6.80. The first kappa shape index (κ1) is 17.8. The molecule has 124 valence electrons. The molecule has 0 unspecified atom stereocenters. The number of carbonyl (C=O) groups is 1. The molecule has 0 aliphatic heterocycles. The summed E-state index contributed by atoms with van der Waals surface area (Å²) in [4.78, 5) is 13.3. The lowest BCUT2D eigenvalue weighted by Gasteiger charge is -2.14. The van der Waals surface area contributed by atoms with E-state index in [0.29, 0.717) is 15.6 Å². The Morgan fingerprint density at radius 2 is 1.96 bits per heavy atom. The summed E-state index contributed by atoms with van der Waals surface area (Å²) in [7, 11) is -3.40. The fourth-order valence-corrected chi connectivity index (χ4v) is 3.67. The van der Waals surface area contributed by atoms with Crippen LogP contribution in [0.15, 0.2) is 30.3 Å². The van der Waals surface area contributed by atoms with Crippen molar-refractivity contribution in [1.82, 2.24) is 5.32 Å². The molecule has 23 heavy (non-hydrogen) atoms. The number of sulfonamides is 1. The summed E-state index contributed by atoms with van der Waals surface area (Å²) >= 11 is 7.30. The number of hydrogen-bond donors (Lipinski definition) is 2. The Balaban J connectivity index is 2.17. The maximum absolute atomic E-state index is 12.3. The van der Waals surface area contributed by atoms with Gasteiger partial charge in [0.15, 0.2) is 0 Å². The molecule has 5 nitrogen and oxygen atoms in total. The lowest BCUT2D eigenvalue weighted by molar-refractivity contribution is 0.0940. The van der Waals surface area contributed by atoms with Crippen LogP contribution >= 0.6 is 22.9 Å². The van der Waals surface area contributed by atoms with E-state index in [4.69, 9.17) is 11.6 Å². The maximum Gasteiger partial charge on any atom is 0.251 e. The molecular formula is C15H17ClN2O3S2. The molecule has 0 spiro atoms. The van der Waals surface area contributed by atoms with Crippen molar-refractivity contribution in [2.24, 2.45) is 0 Å². The number of halogens is 1. The number of anilines is 1. The highest BCUT2D eigenvalue weighted by Crippen LogP contribution is 2.27. The van der Waals surface area contributed by atoms with Gasteiger partial charge in [0.2, 0.25) is 10.0 Å². The third-order valence-corrected chi connectivity index (χ3v) is 5.17. The molecule has 0 fully saturated rings. The lowest BCUT2D eigenvalue weighted by atomic mass is 10.1. The van der Waals surface area contributed by atoms with Crippen molar-refractivity contribution in [3.63, 3.8) is 0 Å². The van der Waals surface area contributed by atoms with Crippen LogP contribution in [0.5, 0.6) is 0 Å². The fraction of sp³-hybridized carbons (Fsp3) is 0.267. The predicted octanol–water partition coefficient (Wildman–Crippen LogP) is 3.57. The van der Waals surface area contributed by atoms with E-state index in [9.17, 15) is 13.2 Å². The molecule has 8 heteroatoms. The van der Waals surface area contributed by atoms with Crippen molar-refractivity contribution in [3.05, 3.63) is 50.7 Å². The van der Waals surface area contributed by atoms with Crippen LogP contribution in [0, 0.1) is 6.92 Å². The minimum atomic E-state index is -3.40. The Morgan fingerprint density at radius 1 is 1.26 bits per heavy atom. The molecule has 0 saturated carbocycles. The second-order valence-electron chi connectivity index (χ2n) is 5.24. The first-order valence-corrected chi connectivity index (χ1v) is 9.89. The van der Waals surface area contributed by atoms with Gasteiger partial charge in [-0.2, -0.15) is 0 Å². The number of amides is 1. The van der Waals surface area contributed by atoms with E-state index in [1.807, 2.05) is 13.0 Å². The summed E-state index contributed by atoms with van der Waals surface area (Å²) in [6.45, 7) is 3.63. The molecule has 0 saturated heterocycles. The van der Waals surface area contributed by atoms with Crippen LogP contribution in [0.3, 0.4) is 0 Å². The van der Waals surface area contributed by atoms with Gasteiger partial charge in [0.25, 0.3) is 5.91 Å². The molecule has 1 aromatic heterocycles. The Hall–Kier alpha value is -1.57. The van der Waals surface area contributed by atoms with Gasteiger partial charge in [-0.15, -0.1) is 11.3 Å². The minimum Gasteiger partial charge on any atom is -0.345 e. The first-order chi connectivity index (χ1) is 10.7. The van der Waals surface area contributed by atoms with E-state index in [0.717, 1.165) is 16.7 Å².